The zero-order valence-corrected chi connectivity index (χ0v) is 8.40. The monoisotopic (exact) mass is 239 g/mol. The van der Waals surface area contributed by atoms with Crippen molar-refractivity contribution in [2.24, 2.45) is 0 Å². The molecule has 0 bridgehead atoms. The molecule has 0 N–H and O–H groups in total. The Morgan fingerprint density at radius 3 is 2.27 bits per heavy atom. The highest BCUT2D eigenvalue weighted by Gasteiger charge is 2.33. The van der Waals surface area contributed by atoms with Gasteiger partial charge in [-0.05, 0) is 0 Å². The maximum atomic E-state index is 11.8. The number of hydrogen-bond acceptors (Lipinski definition) is 3. The summed E-state index contributed by atoms with van der Waals surface area (Å²) in [4.78, 5) is 0. The minimum atomic E-state index is -4.55. The van der Waals surface area contributed by atoms with E-state index in [4.69, 9.17) is 11.7 Å². The van der Waals surface area contributed by atoms with Crippen LogP contribution in [0.1, 0.15) is 12.8 Å². The highest BCUT2D eigenvalue weighted by Crippen LogP contribution is 2.21. The lowest BCUT2D eigenvalue weighted by Gasteiger charge is -2.09. The molecule has 84 valence electrons. The third-order valence-electron chi connectivity index (χ3n) is 1.55. The van der Waals surface area contributed by atoms with Crippen LogP contribution in [0.25, 0.3) is 0 Å². The maximum absolute atomic E-state index is 11.8. The van der Waals surface area contributed by atoms with E-state index in [0.717, 1.165) is 0 Å². The van der Waals surface area contributed by atoms with Gasteiger partial charge < -0.3 is 0 Å². The largest absolute Gasteiger partial charge is 0.390 e. The van der Waals surface area contributed by atoms with Gasteiger partial charge in [-0.25, -0.2) is 8.42 Å². The van der Waals surface area contributed by atoms with Crippen LogP contribution in [0.5, 0.6) is 0 Å². The van der Waals surface area contributed by atoms with Gasteiger partial charge in [-0.1, -0.05) is 0 Å². The molecule has 1 atom stereocenters. The van der Waals surface area contributed by atoms with E-state index >= 15 is 0 Å². The number of nitriles is 1. The number of hydrogen-bond donors (Lipinski definition) is 0. The first kappa shape index (κ1) is 13.8. The second-order valence-electron chi connectivity index (χ2n) is 2.76. The lowest BCUT2D eigenvalue weighted by Crippen LogP contribution is -2.25. The van der Waals surface area contributed by atoms with Crippen molar-refractivity contribution in [1.82, 2.24) is 0 Å². The van der Waals surface area contributed by atoms with Crippen LogP contribution in [0.15, 0.2) is 0 Å². The van der Waals surface area contributed by atoms with E-state index < -0.39 is 39.9 Å². The molecule has 0 aromatic rings. The van der Waals surface area contributed by atoms with E-state index in [1.165, 1.54) is 6.07 Å². The Bertz CT molecular complexity index is 386. The summed E-state index contributed by atoms with van der Waals surface area (Å²) in [5.74, 6) is 0.838. The molecular weight excluding hydrogens is 231 g/mol. The van der Waals surface area contributed by atoms with Crippen LogP contribution in [0.2, 0.25) is 0 Å². The Balaban J connectivity index is 4.57. The molecule has 0 radical (unpaired) electrons. The van der Waals surface area contributed by atoms with Gasteiger partial charge in [0.2, 0.25) is 0 Å². The fourth-order valence-electron chi connectivity index (χ4n) is 0.760. The summed E-state index contributed by atoms with van der Waals surface area (Å²) in [6, 6.07) is 1.38. The summed E-state index contributed by atoms with van der Waals surface area (Å²) >= 11 is 0. The number of alkyl halides is 3. The predicted octanol–water partition coefficient (Wildman–Crippen LogP) is 1.27. The molecule has 3 nitrogen and oxygen atoms in total. The first-order valence-electron chi connectivity index (χ1n) is 3.84. The van der Waals surface area contributed by atoms with Crippen molar-refractivity contribution in [2.45, 2.75) is 24.3 Å². The summed E-state index contributed by atoms with van der Waals surface area (Å²) < 4.78 is 57.6. The molecule has 0 aromatic carbocycles. The highest BCUT2D eigenvalue weighted by molar-refractivity contribution is 7.92. The smallest absolute Gasteiger partial charge is 0.227 e. The Hall–Kier alpha value is -1.21. The topological polar surface area (TPSA) is 57.9 Å². The summed E-state index contributed by atoms with van der Waals surface area (Å²) in [6.45, 7) is 0. The fourth-order valence-corrected chi connectivity index (χ4v) is 2.07. The molecule has 0 saturated heterocycles. The molecule has 0 aliphatic rings. The molecule has 1 unspecified atom stereocenters. The number of rotatable bonds is 4. The van der Waals surface area contributed by atoms with Crippen LogP contribution in [0, 0.1) is 23.7 Å². The number of nitrogens with zero attached hydrogens (tertiary/aromatic N) is 1. The molecule has 15 heavy (non-hydrogen) atoms. The summed E-state index contributed by atoms with van der Waals surface area (Å²) in [6.07, 6.45) is -1.61. The molecule has 0 saturated carbocycles. The molecule has 0 aromatic heterocycles. The number of terminal acetylenes is 1. The van der Waals surface area contributed by atoms with Crippen molar-refractivity contribution >= 4 is 9.84 Å². The van der Waals surface area contributed by atoms with Crippen LogP contribution in [0.4, 0.5) is 13.2 Å². The number of halogens is 3. The first-order chi connectivity index (χ1) is 6.73. The Morgan fingerprint density at radius 2 is 1.93 bits per heavy atom. The van der Waals surface area contributed by atoms with Gasteiger partial charge >= 0.3 is 6.18 Å². The van der Waals surface area contributed by atoms with E-state index in [2.05, 4.69) is 0 Å². The van der Waals surface area contributed by atoms with Crippen LogP contribution >= 0.6 is 0 Å². The molecule has 0 amide bonds. The Kier molecular flexibility index (Phi) is 4.63. The molecule has 0 rings (SSSR count). The summed E-state index contributed by atoms with van der Waals surface area (Å²) in [5, 5.41) is 6.87. The summed E-state index contributed by atoms with van der Waals surface area (Å²) in [5.41, 5.74) is 0. The normalized spacial score (nSPS) is 13.9. The zero-order valence-electron chi connectivity index (χ0n) is 7.58. The van der Waals surface area contributed by atoms with E-state index in [1.54, 1.807) is 0 Å². The molecule has 0 heterocycles. The van der Waals surface area contributed by atoms with Gasteiger partial charge in [0.1, 0.15) is 0 Å². The average molecular weight is 239 g/mol. The first-order valence-corrected chi connectivity index (χ1v) is 5.56. The lowest BCUT2D eigenvalue weighted by molar-refractivity contribution is -0.129. The fraction of sp³-hybridized carbons (Fsp3) is 0.625. The van der Waals surface area contributed by atoms with Crippen LogP contribution in [0.3, 0.4) is 0 Å². The SMILES string of the molecule is C#CCC(C#N)S(=O)(=O)CCC(F)(F)F. The van der Waals surface area contributed by atoms with Gasteiger partial charge in [0, 0.05) is 6.42 Å². The second kappa shape index (κ2) is 5.04. The van der Waals surface area contributed by atoms with Gasteiger partial charge in [-0.15, -0.1) is 12.3 Å². The van der Waals surface area contributed by atoms with E-state index in [0.29, 0.717) is 0 Å². The molecule has 0 aliphatic carbocycles. The molecule has 7 heteroatoms. The van der Waals surface area contributed by atoms with Crippen LogP contribution in [-0.4, -0.2) is 25.6 Å². The lowest BCUT2D eigenvalue weighted by atomic mass is 10.3. The van der Waals surface area contributed by atoms with Crippen LogP contribution in [-0.2, 0) is 9.84 Å². The van der Waals surface area contributed by atoms with E-state index in [9.17, 15) is 21.6 Å². The minimum Gasteiger partial charge on any atom is -0.227 e. The van der Waals surface area contributed by atoms with Gasteiger partial charge in [-0.3, -0.25) is 0 Å². The summed E-state index contributed by atoms with van der Waals surface area (Å²) in [7, 11) is -4.09. The molecular formula is C8H8F3NO2S. The molecule has 0 aliphatic heterocycles. The van der Waals surface area contributed by atoms with E-state index in [-0.39, 0.29) is 0 Å². The van der Waals surface area contributed by atoms with Gasteiger partial charge in [0.05, 0.1) is 18.2 Å². The number of sulfone groups is 1. The maximum Gasteiger partial charge on any atom is 0.390 e. The third kappa shape index (κ3) is 5.28. The van der Waals surface area contributed by atoms with E-state index in [1.807, 2.05) is 5.92 Å². The van der Waals surface area contributed by atoms with Gasteiger partial charge in [-0.2, -0.15) is 18.4 Å². The van der Waals surface area contributed by atoms with Crippen molar-refractivity contribution in [3.63, 3.8) is 0 Å². The van der Waals surface area contributed by atoms with Crippen molar-refractivity contribution in [2.75, 3.05) is 5.75 Å². The van der Waals surface area contributed by atoms with Crippen molar-refractivity contribution < 1.29 is 21.6 Å². The van der Waals surface area contributed by atoms with Gasteiger partial charge in [0.15, 0.2) is 15.1 Å². The van der Waals surface area contributed by atoms with Crippen molar-refractivity contribution in [1.29, 1.82) is 5.26 Å². The molecule has 0 spiro atoms. The zero-order chi connectivity index (χ0) is 12.1. The van der Waals surface area contributed by atoms with Crippen molar-refractivity contribution in [3.8, 4) is 18.4 Å². The standard InChI is InChI=1S/C8H8F3NO2S/c1-2-3-7(6-12)15(13,14)5-4-8(9,10)11/h1,7H,3-5H2. The Labute approximate surface area is 85.8 Å². The molecule has 0 fully saturated rings. The average Bonchev–Trinajstić information content (AvgIpc) is 2.10. The Morgan fingerprint density at radius 1 is 1.40 bits per heavy atom. The van der Waals surface area contributed by atoms with Crippen LogP contribution < -0.4 is 0 Å². The quantitative estimate of drug-likeness (QED) is 0.694. The third-order valence-corrected chi connectivity index (χ3v) is 3.46. The predicted molar refractivity (Wildman–Crippen MR) is 47.3 cm³/mol. The highest BCUT2D eigenvalue weighted by atomic mass is 32.2. The second-order valence-corrected chi connectivity index (χ2v) is 5.06. The van der Waals surface area contributed by atoms with Gasteiger partial charge in [0.25, 0.3) is 0 Å². The minimum absolute atomic E-state index is 0.392. The van der Waals surface area contributed by atoms with Crippen molar-refractivity contribution in [3.05, 3.63) is 0 Å².